The standard InChI is InChI=1S/C22H20N2O3/c1-14-5-7-15(8-6-14)18-12-20(24-22(27-4)19(18)13-23)17-10-9-16(25-2)11-21(17)26-3/h5-12H,1-4H3. The molecular weight excluding hydrogens is 340 g/mol. The summed E-state index contributed by atoms with van der Waals surface area (Å²) in [6.45, 7) is 2.02. The maximum absolute atomic E-state index is 9.67. The predicted molar refractivity (Wildman–Crippen MR) is 104 cm³/mol. The third-order valence-corrected chi connectivity index (χ3v) is 4.34. The number of nitriles is 1. The number of rotatable bonds is 5. The first-order chi connectivity index (χ1) is 13.1. The fourth-order valence-electron chi connectivity index (χ4n) is 2.89. The summed E-state index contributed by atoms with van der Waals surface area (Å²) in [6.07, 6.45) is 0. The number of methoxy groups -OCH3 is 3. The molecule has 0 radical (unpaired) electrons. The zero-order valence-electron chi connectivity index (χ0n) is 15.7. The van der Waals surface area contributed by atoms with E-state index < -0.39 is 0 Å². The van der Waals surface area contributed by atoms with Crippen LogP contribution in [0.5, 0.6) is 17.4 Å². The lowest BCUT2D eigenvalue weighted by Gasteiger charge is -2.14. The van der Waals surface area contributed by atoms with Crippen molar-refractivity contribution >= 4 is 0 Å². The van der Waals surface area contributed by atoms with Crippen LogP contribution in [0.15, 0.2) is 48.5 Å². The largest absolute Gasteiger partial charge is 0.497 e. The molecule has 2 aromatic carbocycles. The van der Waals surface area contributed by atoms with Crippen molar-refractivity contribution in [2.24, 2.45) is 0 Å². The second-order valence-corrected chi connectivity index (χ2v) is 5.98. The number of pyridine rings is 1. The Morgan fingerprint density at radius 2 is 1.59 bits per heavy atom. The number of benzene rings is 2. The van der Waals surface area contributed by atoms with Gasteiger partial charge in [0.1, 0.15) is 23.1 Å². The molecule has 0 aliphatic heterocycles. The first kappa shape index (κ1) is 18.3. The monoisotopic (exact) mass is 360 g/mol. The van der Waals surface area contributed by atoms with E-state index in [0.717, 1.165) is 22.3 Å². The Labute approximate surface area is 158 Å². The van der Waals surface area contributed by atoms with Gasteiger partial charge in [-0.15, -0.1) is 0 Å². The minimum atomic E-state index is 0.281. The first-order valence-electron chi connectivity index (χ1n) is 8.39. The van der Waals surface area contributed by atoms with E-state index in [1.54, 1.807) is 20.3 Å². The molecule has 0 amide bonds. The predicted octanol–water partition coefficient (Wildman–Crippen LogP) is 4.62. The van der Waals surface area contributed by atoms with E-state index in [1.807, 2.05) is 49.4 Å². The molecule has 0 saturated carbocycles. The van der Waals surface area contributed by atoms with Crippen molar-refractivity contribution in [2.45, 2.75) is 6.92 Å². The molecule has 0 spiro atoms. The second-order valence-electron chi connectivity index (χ2n) is 5.98. The SMILES string of the molecule is COc1ccc(-c2cc(-c3ccc(C)cc3)c(C#N)c(OC)n2)c(OC)c1. The molecule has 0 fully saturated rings. The summed E-state index contributed by atoms with van der Waals surface area (Å²) in [5.74, 6) is 1.60. The van der Waals surface area contributed by atoms with Gasteiger partial charge in [0.2, 0.25) is 5.88 Å². The van der Waals surface area contributed by atoms with Crippen molar-refractivity contribution < 1.29 is 14.2 Å². The molecule has 1 aromatic heterocycles. The highest BCUT2D eigenvalue weighted by Crippen LogP contribution is 2.37. The van der Waals surface area contributed by atoms with Crippen molar-refractivity contribution in [3.8, 4) is 45.8 Å². The van der Waals surface area contributed by atoms with E-state index in [4.69, 9.17) is 14.2 Å². The number of aromatic nitrogens is 1. The summed E-state index contributed by atoms with van der Waals surface area (Å²) in [6, 6.07) is 17.6. The minimum Gasteiger partial charge on any atom is -0.497 e. The van der Waals surface area contributed by atoms with Crippen LogP contribution in [0.4, 0.5) is 0 Å². The third-order valence-electron chi connectivity index (χ3n) is 4.34. The molecule has 5 heteroatoms. The molecule has 5 nitrogen and oxygen atoms in total. The molecule has 0 aliphatic rings. The summed E-state index contributed by atoms with van der Waals surface area (Å²) >= 11 is 0. The Bertz CT molecular complexity index is 1010. The minimum absolute atomic E-state index is 0.281. The van der Waals surface area contributed by atoms with Gasteiger partial charge in [-0.25, -0.2) is 4.98 Å². The Kier molecular flexibility index (Phi) is 5.28. The summed E-state index contributed by atoms with van der Waals surface area (Å²) in [4.78, 5) is 4.53. The highest BCUT2D eigenvalue weighted by Gasteiger charge is 2.18. The molecule has 0 unspecified atom stereocenters. The van der Waals surface area contributed by atoms with E-state index in [9.17, 15) is 5.26 Å². The Morgan fingerprint density at radius 1 is 0.852 bits per heavy atom. The van der Waals surface area contributed by atoms with Crippen LogP contribution in [0, 0.1) is 18.3 Å². The van der Waals surface area contributed by atoms with E-state index >= 15 is 0 Å². The zero-order valence-corrected chi connectivity index (χ0v) is 15.7. The topological polar surface area (TPSA) is 64.4 Å². The Balaban J connectivity index is 2.25. The maximum atomic E-state index is 9.67. The number of nitrogens with zero attached hydrogens (tertiary/aromatic N) is 2. The number of hydrogen-bond donors (Lipinski definition) is 0. The van der Waals surface area contributed by atoms with Gasteiger partial charge in [-0.2, -0.15) is 5.26 Å². The van der Waals surface area contributed by atoms with Gasteiger partial charge in [0.15, 0.2) is 0 Å². The molecule has 0 saturated heterocycles. The summed E-state index contributed by atoms with van der Waals surface area (Å²) in [5.41, 5.74) is 4.67. The van der Waals surface area contributed by atoms with Gasteiger partial charge in [0.05, 0.1) is 27.0 Å². The lowest BCUT2D eigenvalue weighted by molar-refractivity contribution is 0.393. The fourth-order valence-corrected chi connectivity index (χ4v) is 2.89. The third kappa shape index (κ3) is 3.56. The molecule has 0 aliphatic carbocycles. The molecule has 27 heavy (non-hydrogen) atoms. The number of ether oxygens (including phenoxy) is 3. The number of aryl methyl sites for hydroxylation is 1. The summed E-state index contributed by atoms with van der Waals surface area (Å²) in [5, 5.41) is 9.67. The van der Waals surface area contributed by atoms with Gasteiger partial charge in [0, 0.05) is 17.2 Å². The first-order valence-corrected chi connectivity index (χ1v) is 8.39. The van der Waals surface area contributed by atoms with Crippen LogP contribution in [0.3, 0.4) is 0 Å². The van der Waals surface area contributed by atoms with Crippen LogP contribution in [-0.4, -0.2) is 26.3 Å². The average molecular weight is 360 g/mol. The molecule has 3 aromatic rings. The van der Waals surface area contributed by atoms with Gasteiger partial charge in [-0.1, -0.05) is 29.8 Å². The Morgan fingerprint density at radius 3 is 2.19 bits per heavy atom. The van der Waals surface area contributed by atoms with Crippen molar-refractivity contribution in [2.75, 3.05) is 21.3 Å². The average Bonchev–Trinajstić information content (AvgIpc) is 2.72. The van der Waals surface area contributed by atoms with Crippen LogP contribution >= 0.6 is 0 Å². The van der Waals surface area contributed by atoms with Crippen molar-refractivity contribution in [1.29, 1.82) is 5.26 Å². The van der Waals surface area contributed by atoms with Crippen molar-refractivity contribution in [3.05, 3.63) is 59.7 Å². The normalized spacial score (nSPS) is 10.2. The van der Waals surface area contributed by atoms with Crippen molar-refractivity contribution in [1.82, 2.24) is 4.98 Å². The Hall–Kier alpha value is -3.52. The lowest BCUT2D eigenvalue weighted by atomic mass is 9.97. The summed E-state index contributed by atoms with van der Waals surface area (Å²) < 4.78 is 16.2. The van der Waals surface area contributed by atoms with E-state index in [2.05, 4.69) is 11.1 Å². The molecule has 0 bridgehead atoms. The highest BCUT2D eigenvalue weighted by molar-refractivity contribution is 5.79. The van der Waals surface area contributed by atoms with Gasteiger partial charge in [0.25, 0.3) is 0 Å². The van der Waals surface area contributed by atoms with E-state index in [-0.39, 0.29) is 5.88 Å². The molecule has 3 rings (SSSR count). The molecule has 0 N–H and O–H groups in total. The van der Waals surface area contributed by atoms with Gasteiger partial charge < -0.3 is 14.2 Å². The number of hydrogen-bond acceptors (Lipinski definition) is 5. The van der Waals surface area contributed by atoms with Crippen LogP contribution < -0.4 is 14.2 Å². The van der Waals surface area contributed by atoms with Gasteiger partial charge in [-0.3, -0.25) is 0 Å². The van der Waals surface area contributed by atoms with Gasteiger partial charge in [-0.05, 0) is 30.7 Å². The zero-order chi connectivity index (χ0) is 19.4. The molecule has 1 heterocycles. The molecular formula is C22H20N2O3. The maximum Gasteiger partial charge on any atom is 0.232 e. The van der Waals surface area contributed by atoms with Crippen LogP contribution in [-0.2, 0) is 0 Å². The van der Waals surface area contributed by atoms with Crippen LogP contribution in [0.1, 0.15) is 11.1 Å². The summed E-state index contributed by atoms with van der Waals surface area (Å²) in [7, 11) is 4.71. The second kappa shape index (κ2) is 7.79. The lowest BCUT2D eigenvalue weighted by Crippen LogP contribution is -1.99. The van der Waals surface area contributed by atoms with E-state index in [1.165, 1.54) is 7.11 Å². The van der Waals surface area contributed by atoms with Crippen LogP contribution in [0.2, 0.25) is 0 Å². The fraction of sp³-hybridized carbons (Fsp3) is 0.182. The van der Waals surface area contributed by atoms with Crippen LogP contribution in [0.25, 0.3) is 22.4 Å². The van der Waals surface area contributed by atoms with Crippen molar-refractivity contribution in [3.63, 3.8) is 0 Å². The van der Waals surface area contributed by atoms with E-state index in [0.29, 0.717) is 22.8 Å². The molecule has 0 atom stereocenters. The quantitative estimate of drug-likeness (QED) is 0.664. The highest BCUT2D eigenvalue weighted by atomic mass is 16.5. The van der Waals surface area contributed by atoms with Gasteiger partial charge >= 0.3 is 0 Å². The molecule has 136 valence electrons. The smallest absolute Gasteiger partial charge is 0.232 e.